The molecule has 0 atom stereocenters. The average Bonchev–Trinajstić information content (AvgIpc) is 2.07. The van der Waals surface area contributed by atoms with E-state index in [2.05, 4.69) is 37.2 Å². The first-order valence-corrected chi connectivity index (χ1v) is 7.63. The van der Waals surface area contributed by atoms with Crippen LogP contribution in [0.2, 0.25) is 0 Å². The molecule has 90 valence electrons. The SMILES string of the molecule is SS.[CH2-]CS(=O)(=O)O.[CH2-]CS(=O)(=O)O.[Na+].[Na+]. The molecule has 0 unspecified atom stereocenters. The Kier molecular flexibility index (Phi) is 34.1. The molecule has 0 bridgehead atoms. The molecule has 0 aromatic rings. The largest absolute Gasteiger partial charge is 1.00 e. The van der Waals surface area contributed by atoms with Gasteiger partial charge in [-0.25, -0.2) is 16.8 Å². The molecule has 0 aliphatic carbocycles. The van der Waals surface area contributed by atoms with Crippen molar-refractivity contribution in [2.75, 3.05) is 11.5 Å². The molecular weight excluding hydrogens is 318 g/mol. The summed E-state index contributed by atoms with van der Waals surface area (Å²) in [5, 5.41) is 0. The maximum atomic E-state index is 9.49. The van der Waals surface area contributed by atoms with E-state index in [9.17, 15) is 16.8 Å². The monoisotopic (exact) mass is 330 g/mol. The van der Waals surface area contributed by atoms with E-state index in [0.717, 1.165) is 0 Å². The van der Waals surface area contributed by atoms with Crippen LogP contribution in [0.5, 0.6) is 0 Å². The second-order valence-corrected chi connectivity index (χ2v) is 4.72. The third kappa shape index (κ3) is 54.8. The van der Waals surface area contributed by atoms with Crippen LogP contribution in [0, 0.1) is 13.8 Å². The molecule has 0 aromatic heterocycles. The molecule has 6 nitrogen and oxygen atoms in total. The van der Waals surface area contributed by atoms with Crippen molar-refractivity contribution in [3.8, 4) is 0 Å². The van der Waals surface area contributed by atoms with E-state index < -0.39 is 31.7 Å². The van der Waals surface area contributed by atoms with E-state index in [-0.39, 0.29) is 59.1 Å². The third-order valence-electron chi connectivity index (χ3n) is 0.516. The van der Waals surface area contributed by atoms with Crippen LogP contribution in [0.1, 0.15) is 0 Å². The molecule has 0 radical (unpaired) electrons. The standard InChI is InChI=1S/2C2H5O3S.2Na.H2S2/c2*1-2-6(3,4)5;;;1-2/h2*1-2H2,(H,3,4,5);;;1-2H/q2*-1;2*+1;. The van der Waals surface area contributed by atoms with Crippen LogP contribution in [0.3, 0.4) is 0 Å². The van der Waals surface area contributed by atoms with Gasteiger partial charge < -0.3 is 13.8 Å². The summed E-state index contributed by atoms with van der Waals surface area (Å²) in [6, 6.07) is 0. The summed E-state index contributed by atoms with van der Waals surface area (Å²) in [4.78, 5) is 0. The molecule has 0 aliphatic rings. The quantitative estimate of drug-likeness (QED) is 0.132. The predicted molar refractivity (Wildman–Crippen MR) is 61.5 cm³/mol. The predicted octanol–water partition coefficient (Wildman–Crippen LogP) is -5.81. The third-order valence-corrected chi connectivity index (χ3v) is 1.55. The first-order chi connectivity index (χ1) is 6.12. The Morgan fingerprint density at radius 3 is 0.875 bits per heavy atom. The van der Waals surface area contributed by atoms with E-state index in [4.69, 9.17) is 9.11 Å². The first kappa shape index (κ1) is 31.1. The summed E-state index contributed by atoms with van der Waals surface area (Å²) < 4.78 is 53.4. The van der Waals surface area contributed by atoms with Gasteiger partial charge in [-0.2, -0.15) is 0 Å². The zero-order chi connectivity index (χ0) is 12.4. The van der Waals surface area contributed by atoms with Crippen LogP contribution in [0.25, 0.3) is 0 Å². The minimum Gasteiger partial charge on any atom is -0.326 e. The Hall–Kier alpha value is 2.52. The Morgan fingerprint density at radius 2 is 0.875 bits per heavy atom. The summed E-state index contributed by atoms with van der Waals surface area (Å²) in [5.74, 6) is -0.903. The van der Waals surface area contributed by atoms with E-state index in [1.165, 1.54) is 0 Å². The smallest absolute Gasteiger partial charge is 0.326 e. The molecule has 0 spiro atoms. The van der Waals surface area contributed by atoms with Crippen molar-refractivity contribution in [3.05, 3.63) is 13.8 Å². The second-order valence-electron chi connectivity index (χ2n) is 1.57. The fourth-order valence-corrected chi connectivity index (χ4v) is 0. The van der Waals surface area contributed by atoms with Crippen LogP contribution in [-0.2, 0) is 20.2 Å². The van der Waals surface area contributed by atoms with Crippen LogP contribution < -0.4 is 59.1 Å². The molecule has 12 heteroatoms. The van der Waals surface area contributed by atoms with E-state index in [1.54, 1.807) is 0 Å². The molecule has 0 saturated heterocycles. The molecule has 16 heavy (non-hydrogen) atoms. The topological polar surface area (TPSA) is 109 Å². The Labute approximate surface area is 152 Å². The van der Waals surface area contributed by atoms with Crippen molar-refractivity contribution in [3.63, 3.8) is 0 Å². The van der Waals surface area contributed by atoms with Gasteiger partial charge in [0, 0.05) is 0 Å². The van der Waals surface area contributed by atoms with Gasteiger partial charge >= 0.3 is 59.1 Å². The molecular formula is C4H12Na2O6S4. The van der Waals surface area contributed by atoms with Gasteiger partial charge in [-0.1, -0.05) is 11.5 Å². The van der Waals surface area contributed by atoms with Crippen molar-refractivity contribution in [2.45, 2.75) is 0 Å². The average molecular weight is 330 g/mol. The van der Waals surface area contributed by atoms with Crippen LogP contribution in [0.15, 0.2) is 0 Å². The molecule has 0 amide bonds. The molecule has 0 rings (SSSR count). The molecule has 0 aliphatic heterocycles. The molecule has 0 aromatic carbocycles. The van der Waals surface area contributed by atoms with E-state index in [1.807, 2.05) is 0 Å². The fraction of sp³-hybridized carbons (Fsp3) is 0.500. The van der Waals surface area contributed by atoms with Crippen molar-refractivity contribution < 1.29 is 85.1 Å². The first-order valence-electron chi connectivity index (χ1n) is 2.81. The summed E-state index contributed by atoms with van der Waals surface area (Å²) in [6.07, 6.45) is 0. The van der Waals surface area contributed by atoms with Gasteiger partial charge in [-0.15, -0.1) is 23.3 Å². The van der Waals surface area contributed by atoms with Crippen molar-refractivity contribution in [1.29, 1.82) is 0 Å². The maximum absolute atomic E-state index is 9.49. The fourth-order valence-electron chi connectivity index (χ4n) is 0. The van der Waals surface area contributed by atoms with Gasteiger partial charge in [-0.05, 0) is 0 Å². The molecule has 2 N–H and O–H groups in total. The Bertz CT molecular complexity index is 266. The van der Waals surface area contributed by atoms with Crippen molar-refractivity contribution in [1.82, 2.24) is 0 Å². The normalized spacial score (nSPS) is 9.12. The minimum absolute atomic E-state index is 0. The maximum Gasteiger partial charge on any atom is 1.00 e. The van der Waals surface area contributed by atoms with Gasteiger partial charge in [0.15, 0.2) is 0 Å². The van der Waals surface area contributed by atoms with Crippen LogP contribution in [-0.4, -0.2) is 37.4 Å². The number of hydrogen-bond donors (Lipinski definition) is 4. The van der Waals surface area contributed by atoms with E-state index in [0.29, 0.717) is 0 Å². The zero-order valence-corrected chi connectivity index (χ0v) is 16.5. The Balaban J connectivity index is -0.0000000393. The van der Waals surface area contributed by atoms with Gasteiger partial charge in [-0.3, -0.25) is 9.11 Å². The zero-order valence-electron chi connectivity index (χ0n) is 9.07. The van der Waals surface area contributed by atoms with Gasteiger partial charge in [0.2, 0.25) is 20.2 Å². The summed E-state index contributed by atoms with van der Waals surface area (Å²) >= 11 is 6.44. The Morgan fingerprint density at radius 1 is 0.812 bits per heavy atom. The summed E-state index contributed by atoms with van der Waals surface area (Å²) in [6.45, 7) is 5.84. The van der Waals surface area contributed by atoms with Crippen molar-refractivity contribution >= 4 is 43.6 Å². The number of rotatable bonds is 2. The van der Waals surface area contributed by atoms with Gasteiger partial charge in [0.1, 0.15) is 0 Å². The summed E-state index contributed by atoms with van der Waals surface area (Å²) in [7, 11) is -7.55. The molecule has 0 heterocycles. The van der Waals surface area contributed by atoms with Gasteiger partial charge in [0.25, 0.3) is 0 Å². The number of hydrogen-bond acceptors (Lipinski definition) is 6. The van der Waals surface area contributed by atoms with Crippen molar-refractivity contribution in [2.24, 2.45) is 0 Å². The number of thiol groups is 2. The molecule has 0 saturated carbocycles. The van der Waals surface area contributed by atoms with Gasteiger partial charge in [0.05, 0.1) is 0 Å². The second kappa shape index (κ2) is 17.5. The van der Waals surface area contributed by atoms with Crippen LogP contribution in [0.4, 0.5) is 0 Å². The van der Waals surface area contributed by atoms with E-state index >= 15 is 0 Å². The molecule has 0 fully saturated rings. The minimum atomic E-state index is -3.77. The summed E-state index contributed by atoms with van der Waals surface area (Å²) in [5.41, 5.74) is 0. The van der Waals surface area contributed by atoms with Crippen LogP contribution >= 0.6 is 23.3 Å².